The third-order valence-corrected chi connectivity index (χ3v) is 28.3. The van der Waals surface area contributed by atoms with Crippen molar-refractivity contribution in [1.82, 2.24) is 29.1 Å². The van der Waals surface area contributed by atoms with Crippen molar-refractivity contribution in [3.8, 4) is 34.1 Å². The van der Waals surface area contributed by atoms with Gasteiger partial charge in [0.15, 0.2) is 11.3 Å². The van der Waals surface area contributed by atoms with Crippen molar-refractivity contribution in [2.45, 2.75) is 75.0 Å². The maximum atomic E-state index is 6.38. The number of aromatic nitrogens is 6. The molecule has 4 aromatic heterocycles. The molecule has 5 heterocycles. The Balaban J connectivity index is 0.000000129. The molecule has 1 aliphatic heterocycles. The molecular formula is C102H79BN6O. The predicted molar refractivity (Wildman–Crippen MR) is 452 cm³/mol. The van der Waals surface area contributed by atoms with E-state index in [0.717, 1.165) is 46.4 Å². The van der Waals surface area contributed by atoms with Crippen molar-refractivity contribution < 1.29 is 4.74 Å². The average molecular weight is 1420 g/mol. The van der Waals surface area contributed by atoms with Crippen LogP contribution in [0, 0.1) is 47.3 Å². The van der Waals surface area contributed by atoms with Gasteiger partial charge in [-0.15, -0.1) is 0 Å². The summed E-state index contributed by atoms with van der Waals surface area (Å²) in [6.07, 6.45) is 18.8. The minimum absolute atomic E-state index is 0.0163. The monoisotopic (exact) mass is 1410 g/mol. The second-order valence-corrected chi connectivity index (χ2v) is 33.7. The minimum Gasteiger partial charge on any atom is -0.458 e. The number of fused-ring (bicyclic) bond motifs is 13. The first-order valence-corrected chi connectivity index (χ1v) is 40.3. The molecule has 0 saturated heterocycles. The summed E-state index contributed by atoms with van der Waals surface area (Å²) in [5.41, 5.74) is 20.3. The number of hydrogen-bond donors (Lipinski definition) is 0. The molecule has 8 saturated carbocycles. The fourth-order valence-corrected chi connectivity index (χ4v) is 24.3. The second kappa shape index (κ2) is 24.3. The van der Waals surface area contributed by atoms with Gasteiger partial charge in [0, 0.05) is 61.7 Å². The topological polar surface area (TPSA) is 70.7 Å². The third-order valence-electron chi connectivity index (χ3n) is 28.3. The Kier molecular flexibility index (Phi) is 13.9. The Hall–Kier alpha value is -12.0. The molecule has 110 heavy (non-hydrogen) atoms. The van der Waals surface area contributed by atoms with Crippen LogP contribution in [0.3, 0.4) is 0 Å². The smallest absolute Gasteiger partial charge is 0.250 e. The van der Waals surface area contributed by atoms with Crippen LogP contribution in [0.15, 0.2) is 310 Å². The third kappa shape index (κ3) is 9.50. The fourth-order valence-electron chi connectivity index (χ4n) is 24.3. The number of nitrogens with zero attached hydrogens (tertiary/aromatic N) is 6. The lowest BCUT2D eigenvalue weighted by Crippen LogP contribution is -2.56. The Labute approximate surface area is 639 Å². The molecule has 27 rings (SSSR count). The van der Waals surface area contributed by atoms with Gasteiger partial charge in [0.25, 0.3) is 6.71 Å². The first kappa shape index (κ1) is 63.0. The van der Waals surface area contributed by atoms with Gasteiger partial charge in [0.2, 0.25) is 0 Å². The van der Waals surface area contributed by atoms with Gasteiger partial charge in [-0.2, -0.15) is 0 Å². The molecule has 0 spiro atoms. The Morgan fingerprint density at radius 3 is 1.11 bits per heavy atom. The highest BCUT2D eigenvalue weighted by molar-refractivity contribution is 6.97. The van der Waals surface area contributed by atoms with Crippen molar-refractivity contribution in [3.63, 3.8) is 0 Å². The van der Waals surface area contributed by atoms with Crippen LogP contribution in [0.25, 0.3) is 121 Å². The first-order chi connectivity index (χ1) is 54.4. The summed E-state index contributed by atoms with van der Waals surface area (Å²) < 4.78 is 11.2. The van der Waals surface area contributed by atoms with E-state index < -0.39 is 0 Å². The van der Waals surface area contributed by atoms with Crippen LogP contribution in [0.1, 0.15) is 86.5 Å². The number of hydrogen-bond acceptors (Lipinski definition) is 5. The summed E-state index contributed by atoms with van der Waals surface area (Å²) in [7, 11) is 0. The number of benzene rings is 14. The maximum absolute atomic E-state index is 6.38. The molecule has 0 atom stereocenters. The van der Waals surface area contributed by atoms with E-state index in [1.54, 1.807) is 12.4 Å². The first-order valence-electron chi connectivity index (χ1n) is 40.3. The summed E-state index contributed by atoms with van der Waals surface area (Å²) in [5.74, 6) is 8.15. The molecular weight excluding hydrogens is 1340 g/mol. The van der Waals surface area contributed by atoms with Gasteiger partial charge in [0.1, 0.15) is 11.5 Å². The van der Waals surface area contributed by atoms with E-state index in [2.05, 4.69) is 315 Å². The summed E-state index contributed by atoms with van der Waals surface area (Å²) in [5, 5.41) is 15.6. The zero-order chi connectivity index (χ0) is 71.9. The Morgan fingerprint density at radius 1 is 0.309 bits per heavy atom. The van der Waals surface area contributed by atoms with E-state index in [4.69, 9.17) is 9.72 Å². The highest BCUT2D eigenvalue weighted by atomic mass is 16.5. The molecule has 0 amide bonds. The maximum Gasteiger partial charge on any atom is 0.250 e. The van der Waals surface area contributed by atoms with Crippen LogP contribution >= 0.6 is 0 Å². The lowest BCUT2D eigenvalue weighted by Gasteiger charge is -2.62. The van der Waals surface area contributed by atoms with Crippen molar-refractivity contribution >= 4 is 121 Å². The molecule has 8 bridgehead atoms. The van der Waals surface area contributed by atoms with Crippen molar-refractivity contribution in [3.05, 3.63) is 332 Å². The van der Waals surface area contributed by atoms with Gasteiger partial charge in [-0.1, -0.05) is 230 Å². The van der Waals surface area contributed by atoms with Gasteiger partial charge < -0.3 is 13.9 Å². The van der Waals surface area contributed by atoms with Crippen LogP contribution in [0.4, 0.5) is 0 Å². The van der Waals surface area contributed by atoms with Crippen molar-refractivity contribution in [2.75, 3.05) is 0 Å². The predicted octanol–water partition coefficient (Wildman–Crippen LogP) is 22.7. The van der Waals surface area contributed by atoms with E-state index in [9.17, 15) is 0 Å². The zero-order valence-corrected chi connectivity index (χ0v) is 61.3. The van der Waals surface area contributed by atoms with Gasteiger partial charge >= 0.3 is 0 Å². The number of ether oxygens (including phenoxy) is 1. The zero-order valence-electron chi connectivity index (χ0n) is 61.3. The lowest BCUT2D eigenvalue weighted by atomic mass is 9.36. The number of rotatable bonds is 8. The van der Waals surface area contributed by atoms with Gasteiger partial charge in [0.05, 0.1) is 34.0 Å². The molecule has 8 fully saturated rings. The van der Waals surface area contributed by atoms with Crippen molar-refractivity contribution in [2.24, 2.45) is 47.3 Å². The molecule has 7 nitrogen and oxygen atoms in total. The largest absolute Gasteiger partial charge is 0.458 e. The summed E-state index contributed by atoms with van der Waals surface area (Å²) in [6, 6.07) is 110. The van der Waals surface area contributed by atoms with Crippen LogP contribution in [-0.4, -0.2) is 35.8 Å². The highest BCUT2D eigenvalue weighted by Gasteiger charge is 2.60. The fraction of sp³-hybridized carbons (Fsp3) is 0.196. The molecule has 8 aliphatic carbocycles. The Bertz CT molecular complexity index is 6660. The second-order valence-electron chi connectivity index (χ2n) is 33.7. The molecule has 0 unspecified atom stereocenters. The molecule has 8 heteroatoms. The van der Waals surface area contributed by atoms with Gasteiger partial charge in [-0.05, 0) is 255 Å². The summed E-state index contributed by atoms with van der Waals surface area (Å²) >= 11 is 0. The van der Waals surface area contributed by atoms with Crippen LogP contribution in [0.2, 0.25) is 0 Å². The van der Waals surface area contributed by atoms with E-state index in [1.807, 2.05) is 6.20 Å². The van der Waals surface area contributed by atoms with Crippen LogP contribution < -0.4 is 21.1 Å². The number of para-hydroxylation sites is 6. The molecule has 18 aromatic rings. The summed E-state index contributed by atoms with van der Waals surface area (Å²) in [6.45, 7) is 0.138. The van der Waals surface area contributed by atoms with E-state index in [1.165, 1.54) is 201 Å². The van der Waals surface area contributed by atoms with E-state index in [-0.39, 0.29) is 17.5 Å². The van der Waals surface area contributed by atoms with E-state index in [0.29, 0.717) is 35.0 Å². The Morgan fingerprint density at radius 2 is 0.664 bits per heavy atom. The quantitative estimate of drug-likeness (QED) is 0.142. The summed E-state index contributed by atoms with van der Waals surface area (Å²) in [4.78, 5) is 18.0. The SMILES string of the molecule is c1ccc2c(c1)Oc1ccccc1B2c1ccc2cc(C3(c4ccc5cc(-n6c7ccccc7c7ccccc76)ccc5c4)C4CC5CC(C4)CC3C5)ccc2c1.c1ccc2c(c1)c1ccccc1n2-c1ccc2cc(C3(c4ccc5cc(-c6cnc7nccnc7n6)ccc5c4)C4CC5CC(C4)CC3C5)ccc2c1. The van der Waals surface area contributed by atoms with Crippen LogP contribution in [0.5, 0.6) is 11.5 Å². The minimum atomic E-state index is 0.0163. The average Bonchev–Trinajstić information content (AvgIpc) is 1.28. The van der Waals surface area contributed by atoms with E-state index >= 15 is 0 Å². The standard InChI is InChI=1S/C54H42BNO.C48H37N5/c1-5-13-50-46(9-1)47-10-2-6-14-51(47)56(50)45-24-20-37-31-41(22-18-39(37)33-45)54(42-26-34-25-35(28-42)29-43(54)27-34)40-21-17-38-32-44(23-19-36(38)30-40)55-48-11-3-7-15-52(48)57-53-16-8-4-12-49(53)55;1-3-7-44-41(5-1)42-6-2-4-8-45(42)53(44)40-16-13-33-26-37(15-12-34(33)27-40)48(38-20-29-19-30(22-38)23-39(48)21-29)36-14-11-31-24-35(10-9-32(31)25-36)43-28-51-46-47(52-43)50-18-17-49-46/h1-24,30-35,42-43H,25-29H2;1-18,24-30,38-39H,19-23H2. The normalized spacial score (nSPS) is 23.4. The van der Waals surface area contributed by atoms with Gasteiger partial charge in [-0.25, -0.2) is 19.9 Å². The lowest BCUT2D eigenvalue weighted by molar-refractivity contribution is -0.0417. The highest BCUT2D eigenvalue weighted by Crippen LogP contribution is 2.67. The van der Waals surface area contributed by atoms with Crippen LogP contribution in [-0.2, 0) is 10.8 Å². The van der Waals surface area contributed by atoms with Gasteiger partial charge in [-0.3, -0.25) is 0 Å². The molecule has 526 valence electrons. The van der Waals surface area contributed by atoms with Crippen molar-refractivity contribution in [1.29, 1.82) is 0 Å². The molecule has 14 aromatic carbocycles. The molecule has 0 radical (unpaired) electrons. The molecule has 9 aliphatic rings. The molecule has 0 N–H and O–H groups in total.